The number of pyridine rings is 1. The third-order valence-electron chi connectivity index (χ3n) is 4.48. The molecule has 1 N–H and O–H groups in total. The SMILES string of the molecule is Cc1nc(C2CCN(C(=O)Nc3cccnc3-c3ccccc3)C2)no1. The highest BCUT2D eigenvalue weighted by molar-refractivity contribution is 5.93. The molecule has 4 rings (SSSR count). The summed E-state index contributed by atoms with van der Waals surface area (Å²) in [5, 5.41) is 6.96. The van der Waals surface area contributed by atoms with Crippen LogP contribution in [-0.2, 0) is 0 Å². The first kappa shape index (κ1) is 16.3. The predicted molar refractivity (Wildman–Crippen MR) is 96.7 cm³/mol. The molecule has 1 aliphatic heterocycles. The quantitative estimate of drug-likeness (QED) is 0.783. The first-order valence-corrected chi connectivity index (χ1v) is 8.57. The molecule has 1 unspecified atom stereocenters. The molecule has 0 aliphatic carbocycles. The lowest BCUT2D eigenvalue weighted by molar-refractivity contribution is 0.222. The Morgan fingerprint density at radius 3 is 2.85 bits per heavy atom. The number of hydrogen-bond acceptors (Lipinski definition) is 5. The molecule has 0 radical (unpaired) electrons. The van der Waals surface area contributed by atoms with E-state index in [-0.39, 0.29) is 11.9 Å². The van der Waals surface area contributed by atoms with E-state index in [4.69, 9.17) is 4.52 Å². The van der Waals surface area contributed by atoms with Crippen molar-refractivity contribution in [3.63, 3.8) is 0 Å². The molecule has 0 spiro atoms. The van der Waals surface area contributed by atoms with Crippen LogP contribution in [0.2, 0.25) is 0 Å². The van der Waals surface area contributed by atoms with E-state index >= 15 is 0 Å². The molecule has 26 heavy (non-hydrogen) atoms. The number of carbonyl (C=O) groups excluding carboxylic acids is 1. The van der Waals surface area contributed by atoms with E-state index in [2.05, 4.69) is 20.4 Å². The Morgan fingerprint density at radius 1 is 1.23 bits per heavy atom. The predicted octanol–water partition coefficient (Wildman–Crippen LogP) is 3.46. The number of likely N-dealkylation sites (tertiary alicyclic amines) is 1. The number of rotatable bonds is 3. The van der Waals surface area contributed by atoms with Crippen molar-refractivity contribution in [2.75, 3.05) is 18.4 Å². The molecule has 1 saturated heterocycles. The molecule has 0 saturated carbocycles. The third-order valence-corrected chi connectivity index (χ3v) is 4.48. The van der Waals surface area contributed by atoms with Crippen molar-refractivity contribution in [1.82, 2.24) is 20.0 Å². The minimum absolute atomic E-state index is 0.112. The molecular weight excluding hydrogens is 330 g/mol. The number of anilines is 1. The van der Waals surface area contributed by atoms with Gasteiger partial charge in [0, 0.05) is 37.7 Å². The molecule has 7 heteroatoms. The second kappa shape index (κ2) is 6.95. The zero-order valence-corrected chi connectivity index (χ0v) is 14.4. The fourth-order valence-electron chi connectivity index (χ4n) is 3.16. The van der Waals surface area contributed by atoms with Crippen molar-refractivity contribution in [3.8, 4) is 11.3 Å². The molecule has 3 aromatic rings. The number of nitrogens with one attached hydrogen (secondary N) is 1. The standard InChI is InChI=1S/C19H19N5O2/c1-13-21-18(23-26-13)15-9-11-24(12-15)19(25)22-16-8-5-10-20-17(16)14-6-3-2-4-7-14/h2-8,10,15H,9,11-12H2,1H3,(H,22,25). The van der Waals surface area contributed by atoms with E-state index in [1.807, 2.05) is 42.5 Å². The van der Waals surface area contributed by atoms with E-state index in [0.29, 0.717) is 30.5 Å². The average Bonchev–Trinajstić information content (AvgIpc) is 3.32. The largest absolute Gasteiger partial charge is 0.340 e. The Bertz CT molecular complexity index is 909. The summed E-state index contributed by atoms with van der Waals surface area (Å²) in [5.74, 6) is 1.33. The van der Waals surface area contributed by atoms with Crippen LogP contribution in [-0.4, -0.2) is 39.1 Å². The smallest absolute Gasteiger partial charge is 0.321 e. The molecule has 132 valence electrons. The summed E-state index contributed by atoms with van der Waals surface area (Å²) >= 11 is 0. The van der Waals surface area contributed by atoms with E-state index in [1.54, 1.807) is 18.0 Å². The molecule has 1 aromatic carbocycles. The van der Waals surface area contributed by atoms with Crippen molar-refractivity contribution in [3.05, 3.63) is 60.4 Å². The van der Waals surface area contributed by atoms with Gasteiger partial charge in [-0.25, -0.2) is 4.79 Å². The van der Waals surface area contributed by atoms with E-state index in [1.165, 1.54) is 0 Å². The molecule has 3 heterocycles. The van der Waals surface area contributed by atoms with E-state index in [0.717, 1.165) is 17.7 Å². The van der Waals surface area contributed by atoms with Gasteiger partial charge in [0.05, 0.1) is 11.4 Å². The maximum Gasteiger partial charge on any atom is 0.321 e. The van der Waals surface area contributed by atoms with Gasteiger partial charge in [0.25, 0.3) is 0 Å². The minimum Gasteiger partial charge on any atom is -0.340 e. The second-order valence-electron chi connectivity index (χ2n) is 6.30. The highest BCUT2D eigenvalue weighted by atomic mass is 16.5. The van der Waals surface area contributed by atoms with Crippen LogP contribution in [0.3, 0.4) is 0 Å². The van der Waals surface area contributed by atoms with Crippen molar-refractivity contribution >= 4 is 11.7 Å². The maximum absolute atomic E-state index is 12.7. The van der Waals surface area contributed by atoms with Crippen molar-refractivity contribution in [2.45, 2.75) is 19.3 Å². The molecule has 7 nitrogen and oxygen atoms in total. The van der Waals surface area contributed by atoms with Crippen molar-refractivity contribution in [2.24, 2.45) is 0 Å². The Morgan fingerprint density at radius 2 is 2.08 bits per heavy atom. The van der Waals surface area contributed by atoms with Gasteiger partial charge in [-0.15, -0.1) is 0 Å². The van der Waals surface area contributed by atoms with Crippen LogP contribution in [0.15, 0.2) is 53.2 Å². The zero-order valence-electron chi connectivity index (χ0n) is 14.4. The van der Waals surface area contributed by atoms with Crippen molar-refractivity contribution < 1.29 is 9.32 Å². The van der Waals surface area contributed by atoms with Gasteiger partial charge in [-0.05, 0) is 18.6 Å². The summed E-state index contributed by atoms with van der Waals surface area (Å²) in [6, 6.07) is 13.3. The highest BCUT2D eigenvalue weighted by Crippen LogP contribution is 2.28. The number of aryl methyl sites for hydroxylation is 1. The van der Waals surface area contributed by atoms with Gasteiger partial charge >= 0.3 is 6.03 Å². The molecule has 1 aliphatic rings. The van der Waals surface area contributed by atoms with Gasteiger partial charge < -0.3 is 14.7 Å². The molecule has 2 amide bonds. The van der Waals surface area contributed by atoms with Crippen LogP contribution < -0.4 is 5.32 Å². The normalized spacial score (nSPS) is 16.7. The van der Waals surface area contributed by atoms with Crippen molar-refractivity contribution in [1.29, 1.82) is 0 Å². The second-order valence-corrected chi connectivity index (χ2v) is 6.30. The lowest BCUT2D eigenvalue weighted by atomic mass is 10.1. The van der Waals surface area contributed by atoms with Gasteiger partial charge in [-0.1, -0.05) is 35.5 Å². The maximum atomic E-state index is 12.7. The minimum atomic E-state index is -0.141. The average molecular weight is 349 g/mol. The van der Waals surface area contributed by atoms with Crippen LogP contribution >= 0.6 is 0 Å². The fraction of sp³-hybridized carbons (Fsp3) is 0.263. The molecule has 0 bridgehead atoms. The van der Waals surface area contributed by atoms with Crippen LogP contribution in [0.4, 0.5) is 10.5 Å². The van der Waals surface area contributed by atoms with Crippen LogP contribution in [0.5, 0.6) is 0 Å². The summed E-state index contributed by atoms with van der Waals surface area (Å²) in [4.78, 5) is 23.2. The van der Waals surface area contributed by atoms with Gasteiger partial charge in [-0.3, -0.25) is 4.98 Å². The van der Waals surface area contributed by atoms with Gasteiger partial charge in [-0.2, -0.15) is 4.98 Å². The number of nitrogens with zero attached hydrogens (tertiary/aromatic N) is 4. The first-order chi connectivity index (χ1) is 12.7. The Balaban J connectivity index is 1.48. The van der Waals surface area contributed by atoms with E-state index in [9.17, 15) is 4.79 Å². The first-order valence-electron chi connectivity index (χ1n) is 8.57. The van der Waals surface area contributed by atoms with Gasteiger partial charge in [0.1, 0.15) is 0 Å². The number of urea groups is 1. The Kier molecular flexibility index (Phi) is 4.35. The summed E-state index contributed by atoms with van der Waals surface area (Å²) in [7, 11) is 0. The molecule has 1 atom stereocenters. The van der Waals surface area contributed by atoms with Gasteiger partial charge in [0.15, 0.2) is 5.82 Å². The zero-order chi connectivity index (χ0) is 17.9. The van der Waals surface area contributed by atoms with Crippen LogP contribution in [0, 0.1) is 6.92 Å². The van der Waals surface area contributed by atoms with Crippen LogP contribution in [0.1, 0.15) is 24.1 Å². The summed E-state index contributed by atoms with van der Waals surface area (Å²) in [6.45, 7) is 3.00. The molecule has 2 aromatic heterocycles. The summed E-state index contributed by atoms with van der Waals surface area (Å²) in [5.41, 5.74) is 2.42. The number of hydrogen-bond donors (Lipinski definition) is 1. The number of amides is 2. The molecular formula is C19H19N5O2. The highest BCUT2D eigenvalue weighted by Gasteiger charge is 2.30. The van der Waals surface area contributed by atoms with E-state index < -0.39 is 0 Å². The lowest BCUT2D eigenvalue weighted by Gasteiger charge is -2.18. The third kappa shape index (κ3) is 3.28. The Labute approximate surface area is 151 Å². The van der Waals surface area contributed by atoms with Crippen LogP contribution in [0.25, 0.3) is 11.3 Å². The Hall–Kier alpha value is -3.22. The summed E-state index contributed by atoms with van der Waals surface area (Å²) in [6.07, 6.45) is 2.55. The molecule has 1 fully saturated rings. The lowest BCUT2D eigenvalue weighted by Crippen LogP contribution is -2.33. The summed E-state index contributed by atoms with van der Waals surface area (Å²) < 4.78 is 5.04. The number of aromatic nitrogens is 3. The monoisotopic (exact) mass is 349 g/mol. The number of carbonyl (C=O) groups is 1. The topological polar surface area (TPSA) is 84.2 Å². The fourth-order valence-corrected chi connectivity index (χ4v) is 3.16. The number of benzene rings is 1. The van der Waals surface area contributed by atoms with Gasteiger partial charge in [0.2, 0.25) is 5.89 Å².